The molecule has 0 heterocycles. The lowest BCUT2D eigenvalue weighted by molar-refractivity contribution is -0.137. The molecule has 0 unspecified atom stereocenters. The maximum Gasteiger partial charge on any atom is 0.416 e. The van der Waals surface area contributed by atoms with E-state index in [4.69, 9.17) is 5.11 Å². The molecule has 0 radical (unpaired) electrons. The van der Waals surface area contributed by atoms with Gasteiger partial charge in [-0.15, -0.1) is 0 Å². The molecule has 0 amide bonds. The van der Waals surface area contributed by atoms with Crippen LogP contribution in [0.1, 0.15) is 37.8 Å². The number of aliphatic hydroxyl groups excluding tert-OH is 1. The molecule has 21 heavy (non-hydrogen) atoms. The number of hydrogen-bond donors (Lipinski definition) is 2. The highest BCUT2D eigenvalue weighted by molar-refractivity contribution is 5.27. The van der Waals surface area contributed by atoms with E-state index in [9.17, 15) is 17.6 Å². The van der Waals surface area contributed by atoms with Gasteiger partial charge in [-0.2, -0.15) is 13.2 Å². The lowest BCUT2D eigenvalue weighted by Crippen LogP contribution is -2.21. The van der Waals surface area contributed by atoms with E-state index in [0.717, 1.165) is 31.0 Å². The summed E-state index contributed by atoms with van der Waals surface area (Å²) < 4.78 is 51.1. The van der Waals surface area contributed by atoms with Gasteiger partial charge in [0.1, 0.15) is 5.82 Å². The van der Waals surface area contributed by atoms with Gasteiger partial charge in [0, 0.05) is 18.7 Å². The first-order chi connectivity index (χ1) is 9.65. The Balaban J connectivity index is 2.49. The molecule has 0 aliphatic heterocycles. The lowest BCUT2D eigenvalue weighted by atomic mass is 9.89. The molecule has 120 valence electrons. The Hall–Kier alpha value is -1.14. The monoisotopic (exact) mass is 307 g/mol. The second-order valence-electron chi connectivity index (χ2n) is 5.91. The molecule has 0 bridgehead atoms. The van der Waals surface area contributed by atoms with Crippen molar-refractivity contribution < 1.29 is 22.7 Å². The second-order valence-corrected chi connectivity index (χ2v) is 5.91. The lowest BCUT2D eigenvalue weighted by Gasteiger charge is -2.21. The fraction of sp³-hybridized carbons (Fsp3) is 0.600. The molecule has 0 atom stereocenters. The summed E-state index contributed by atoms with van der Waals surface area (Å²) in [7, 11) is 0. The highest BCUT2D eigenvalue weighted by Crippen LogP contribution is 2.30. The second kappa shape index (κ2) is 7.22. The zero-order chi connectivity index (χ0) is 16.1. The summed E-state index contributed by atoms with van der Waals surface area (Å²) in [6.45, 7) is 4.54. The van der Waals surface area contributed by atoms with Gasteiger partial charge in [0.2, 0.25) is 0 Å². The number of benzene rings is 1. The van der Waals surface area contributed by atoms with Crippen molar-refractivity contribution in [1.29, 1.82) is 0 Å². The van der Waals surface area contributed by atoms with Gasteiger partial charge in [-0.1, -0.05) is 13.8 Å². The third-order valence-corrected chi connectivity index (χ3v) is 3.32. The molecule has 1 aromatic carbocycles. The van der Waals surface area contributed by atoms with Crippen LogP contribution in [0, 0.1) is 11.2 Å². The van der Waals surface area contributed by atoms with Crippen molar-refractivity contribution in [3.05, 3.63) is 35.1 Å². The van der Waals surface area contributed by atoms with Gasteiger partial charge < -0.3 is 10.4 Å². The highest BCUT2D eigenvalue weighted by Gasteiger charge is 2.30. The average molecular weight is 307 g/mol. The molecule has 1 aromatic rings. The number of nitrogens with one attached hydrogen (secondary N) is 1. The minimum atomic E-state index is -4.46. The Kier molecular flexibility index (Phi) is 6.16. The van der Waals surface area contributed by atoms with Crippen LogP contribution < -0.4 is 5.32 Å². The third kappa shape index (κ3) is 6.01. The first kappa shape index (κ1) is 17.9. The van der Waals surface area contributed by atoms with Crippen LogP contribution in [0.3, 0.4) is 0 Å². The number of halogens is 4. The topological polar surface area (TPSA) is 32.3 Å². The van der Waals surface area contributed by atoms with E-state index >= 15 is 0 Å². The average Bonchev–Trinajstić information content (AvgIpc) is 2.39. The van der Waals surface area contributed by atoms with Crippen molar-refractivity contribution in [2.75, 3.05) is 13.2 Å². The van der Waals surface area contributed by atoms with Gasteiger partial charge in [-0.25, -0.2) is 4.39 Å². The van der Waals surface area contributed by atoms with Gasteiger partial charge in [-0.3, -0.25) is 0 Å². The largest absolute Gasteiger partial charge is 0.416 e. The van der Waals surface area contributed by atoms with Crippen molar-refractivity contribution in [3.63, 3.8) is 0 Å². The van der Waals surface area contributed by atoms with Crippen LogP contribution in [0.2, 0.25) is 0 Å². The van der Waals surface area contributed by atoms with Gasteiger partial charge >= 0.3 is 6.18 Å². The molecule has 2 N–H and O–H groups in total. The molecule has 0 aliphatic carbocycles. The minimum Gasteiger partial charge on any atom is -0.396 e. The SMILES string of the molecule is CC(C)(CO)CCCNCc1cc(C(F)(F)F)ccc1F. The standard InChI is InChI=1S/C15H21F4NO/c1-14(2,10-21)6-3-7-20-9-11-8-12(15(17,18)19)4-5-13(11)16/h4-5,8,20-21H,3,6-7,9-10H2,1-2H3. The van der Waals surface area contributed by atoms with Crippen LogP contribution >= 0.6 is 0 Å². The molecule has 0 spiro atoms. The Morgan fingerprint density at radius 2 is 1.86 bits per heavy atom. The smallest absolute Gasteiger partial charge is 0.396 e. The summed E-state index contributed by atoms with van der Waals surface area (Å²) in [5.74, 6) is -0.647. The Labute approximate surface area is 122 Å². The van der Waals surface area contributed by atoms with Crippen molar-refractivity contribution in [2.45, 2.75) is 39.4 Å². The predicted octanol–water partition coefficient (Wildman–Crippen LogP) is 3.73. The van der Waals surface area contributed by atoms with Crippen LogP contribution in [-0.4, -0.2) is 18.3 Å². The van der Waals surface area contributed by atoms with Gasteiger partial charge in [0.25, 0.3) is 0 Å². The van der Waals surface area contributed by atoms with E-state index < -0.39 is 17.6 Å². The Morgan fingerprint density at radius 3 is 2.43 bits per heavy atom. The molecule has 6 heteroatoms. The highest BCUT2D eigenvalue weighted by atomic mass is 19.4. The molecule has 0 aromatic heterocycles. The quantitative estimate of drug-likeness (QED) is 0.594. The summed E-state index contributed by atoms with van der Waals surface area (Å²) in [6, 6.07) is 2.41. The summed E-state index contributed by atoms with van der Waals surface area (Å²) in [5, 5.41) is 12.0. The van der Waals surface area contributed by atoms with E-state index in [2.05, 4.69) is 5.32 Å². The van der Waals surface area contributed by atoms with Crippen molar-refractivity contribution >= 4 is 0 Å². The number of hydrogen-bond acceptors (Lipinski definition) is 2. The zero-order valence-corrected chi connectivity index (χ0v) is 12.2. The van der Waals surface area contributed by atoms with Crippen LogP contribution in [0.15, 0.2) is 18.2 Å². The minimum absolute atomic E-state index is 0.00578. The van der Waals surface area contributed by atoms with Crippen LogP contribution in [0.25, 0.3) is 0 Å². The molecular weight excluding hydrogens is 286 g/mol. The van der Waals surface area contributed by atoms with Crippen LogP contribution in [0.5, 0.6) is 0 Å². The molecule has 0 saturated carbocycles. The van der Waals surface area contributed by atoms with E-state index in [1.165, 1.54) is 0 Å². The van der Waals surface area contributed by atoms with E-state index in [-0.39, 0.29) is 24.1 Å². The van der Waals surface area contributed by atoms with E-state index in [0.29, 0.717) is 6.54 Å². The summed E-state index contributed by atoms with van der Waals surface area (Å²) in [4.78, 5) is 0. The van der Waals surface area contributed by atoms with Crippen molar-refractivity contribution in [2.24, 2.45) is 5.41 Å². The zero-order valence-electron chi connectivity index (χ0n) is 12.2. The maximum absolute atomic E-state index is 13.5. The van der Waals surface area contributed by atoms with Gasteiger partial charge in [0.15, 0.2) is 0 Å². The Morgan fingerprint density at radius 1 is 1.19 bits per heavy atom. The Bertz CT molecular complexity index is 457. The summed E-state index contributed by atoms with van der Waals surface area (Å²) in [6.07, 6.45) is -2.93. The molecule has 0 fully saturated rings. The van der Waals surface area contributed by atoms with Crippen LogP contribution in [0.4, 0.5) is 17.6 Å². The fourth-order valence-electron chi connectivity index (χ4n) is 1.88. The number of rotatable bonds is 7. The fourth-order valence-corrected chi connectivity index (χ4v) is 1.88. The first-order valence-electron chi connectivity index (χ1n) is 6.83. The summed E-state index contributed by atoms with van der Waals surface area (Å²) >= 11 is 0. The normalized spacial score (nSPS) is 12.7. The van der Waals surface area contributed by atoms with E-state index in [1.807, 2.05) is 13.8 Å². The van der Waals surface area contributed by atoms with E-state index in [1.54, 1.807) is 0 Å². The molecule has 0 saturated heterocycles. The molecule has 0 aliphatic rings. The molecular formula is C15H21F4NO. The third-order valence-electron chi connectivity index (χ3n) is 3.32. The molecule has 2 nitrogen and oxygen atoms in total. The molecule has 1 rings (SSSR count). The first-order valence-corrected chi connectivity index (χ1v) is 6.83. The summed E-state index contributed by atoms with van der Waals surface area (Å²) in [5.41, 5.74) is -1.02. The van der Waals surface area contributed by atoms with Gasteiger partial charge in [-0.05, 0) is 43.0 Å². The number of alkyl halides is 3. The maximum atomic E-state index is 13.5. The van der Waals surface area contributed by atoms with Crippen molar-refractivity contribution in [1.82, 2.24) is 5.32 Å². The van der Waals surface area contributed by atoms with Gasteiger partial charge in [0.05, 0.1) is 5.56 Å². The van der Waals surface area contributed by atoms with Crippen LogP contribution in [-0.2, 0) is 12.7 Å². The van der Waals surface area contributed by atoms with Crippen molar-refractivity contribution in [3.8, 4) is 0 Å². The predicted molar refractivity (Wildman–Crippen MR) is 73.2 cm³/mol. The number of aliphatic hydroxyl groups is 1.